The van der Waals surface area contributed by atoms with Crippen LogP contribution in [0, 0.1) is 16.2 Å². The van der Waals surface area contributed by atoms with Gasteiger partial charge in [-0.3, -0.25) is 0 Å². The summed E-state index contributed by atoms with van der Waals surface area (Å²) in [5.41, 5.74) is 2.77. The lowest BCUT2D eigenvalue weighted by Gasteiger charge is -2.63. The fraction of sp³-hybridized carbons (Fsp3) is 0.421. The molecule has 2 fully saturated rings. The van der Waals surface area contributed by atoms with Gasteiger partial charge in [0, 0.05) is 42.0 Å². The summed E-state index contributed by atoms with van der Waals surface area (Å²) in [6, 6.07) is 9.75. The first-order valence-corrected chi connectivity index (χ1v) is 8.42. The van der Waals surface area contributed by atoms with Crippen LogP contribution in [-0.2, 0) is 0 Å². The Balaban J connectivity index is 1.46. The quantitative estimate of drug-likeness (QED) is 0.840. The summed E-state index contributed by atoms with van der Waals surface area (Å²) in [5.74, 6) is 1.75. The zero-order valence-electron chi connectivity index (χ0n) is 14.2. The van der Waals surface area contributed by atoms with E-state index in [4.69, 9.17) is 5.41 Å². The molecule has 2 heterocycles. The Kier molecular flexibility index (Phi) is 3.34. The molecule has 0 radical (unpaired) electrons. The van der Waals surface area contributed by atoms with Crippen molar-refractivity contribution in [1.82, 2.24) is 9.97 Å². The van der Waals surface area contributed by atoms with Crippen LogP contribution in [0.15, 0.2) is 36.7 Å². The molecular formula is C19H23N5. The summed E-state index contributed by atoms with van der Waals surface area (Å²) in [6.07, 6.45) is 5.60. The van der Waals surface area contributed by atoms with Crippen LogP contribution >= 0.6 is 0 Å². The molecule has 4 rings (SSSR count). The van der Waals surface area contributed by atoms with Crippen molar-refractivity contribution >= 4 is 23.5 Å². The highest BCUT2D eigenvalue weighted by Gasteiger charge is 2.55. The number of para-hydroxylation sites is 1. The van der Waals surface area contributed by atoms with Gasteiger partial charge in [0.1, 0.15) is 18.0 Å². The third-order valence-corrected chi connectivity index (χ3v) is 5.12. The summed E-state index contributed by atoms with van der Waals surface area (Å²) >= 11 is 0. The maximum Gasteiger partial charge on any atom is 0.135 e. The van der Waals surface area contributed by atoms with Gasteiger partial charge in [0.25, 0.3) is 0 Å². The first-order chi connectivity index (χ1) is 11.5. The van der Waals surface area contributed by atoms with E-state index in [1.54, 1.807) is 6.33 Å². The number of aromatic nitrogens is 2. The molecule has 1 saturated heterocycles. The number of nitrogens with one attached hydrogen (secondary N) is 2. The molecule has 2 aromatic rings. The van der Waals surface area contributed by atoms with Crippen LogP contribution in [0.4, 0.5) is 17.3 Å². The highest BCUT2D eigenvalue weighted by Crippen LogP contribution is 2.58. The average Bonchev–Trinajstić information content (AvgIpc) is 2.51. The average molecular weight is 321 g/mol. The lowest BCUT2D eigenvalue weighted by atomic mass is 9.51. The van der Waals surface area contributed by atoms with Crippen LogP contribution in [0.5, 0.6) is 0 Å². The van der Waals surface area contributed by atoms with Crippen molar-refractivity contribution in [2.45, 2.75) is 26.7 Å². The summed E-state index contributed by atoms with van der Waals surface area (Å²) in [7, 11) is 0. The minimum absolute atomic E-state index is 0.515. The highest BCUT2D eigenvalue weighted by atomic mass is 15.3. The third-order valence-electron chi connectivity index (χ3n) is 5.12. The first kappa shape index (κ1) is 15.1. The Bertz CT molecular complexity index is 767. The van der Waals surface area contributed by atoms with Crippen molar-refractivity contribution in [1.29, 1.82) is 5.41 Å². The molecule has 0 atom stereocenters. The van der Waals surface area contributed by atoms with Crippen LogP contribution < -0.4 is 10.2 Å². The van der Waals surface area contributed by atoms with Crippen molar-refractivity contribution in [3.05, 3.63) is 42.2 Å². The summed E-state index contributed by atoms with van der Waals surface area (Å²) < 4.78 is 0. The molecule has 5 nitrogen and oxygen atoms in total. The zero-order valence-corrected chi connectivity index (χ0v) is 14.2. The van der Waals surface area contributed by atoms with E-state index in [0.29, 0.717) is 10.8 Å². The second-order valence-electron chi connectivity index (χ2n) is 7.99. The van der Waals surface area contributed by atoms with E-state index in [0.717, 1.165) is 36.0 Å². The van der Waals surface area contributed by atoms with Crippen LogP contribution in [-0.4, -0.2) is 29.3 Å². The van der Waals surface area contributed by atoms with Crippen molar-refractivity contribution in [2.75, 3.05) is 23.3 Å². The second-order valence-corrected chi connectivity index (χ2v) is 7.99. The van der Waals surface area contributed by atoms with E-state index in [9.17, 15) is 0 Å². The van der Waals surface area contributed by atoms with Gasteiger partial charge in [-0.25, -0.2) is 9.97 Å². The molecule has 2 N–H and O–H groups in total. The standard InChI is InChI=1S/C19H23N5/c1-18(2)9-19(10-18)11-24(12-19)17-7-16(21-13-22-17)23-15-6-4-3-5-14(15)8-20/h3-8,13,20H,9-12H2,1-2H3,(H,21,22,23). The van der Waals surface area contributed by atoms with Crippen molar-refractivity contribution in [2.24, 2.45) is 10.8 Å². The second kappa shape index (κ2) is 5.30. The first-order valence-electron chi connectivity index (χ1n) is 8.42. The molecule has 1 aromatic heterocycles. The molecule has 0 bridgehead atoms. The van der Waals surface area contributed by atoms with Crippen LogP contribution in [0.25, 0.3) is 0 Å². The van der Waals surface area contributed by atoms with E-state index < -0.39 is 0 Å². The Morgan fingerprint density at radius 2 is 1.92 bits per heavy atom. The largest absolute Gasteiger partial charge is 0.355 e. The predicted molar refractivity (Wildman–Crippen MR) is 97.3 cm³/mol. The summed E-state index contributed by atoms with van der Waals surface area (Å²) in [5, 5.41) is 10.8. The maximum atomic E-state index is 7.50. The minimum atomic E-state index is 0.515. The van der Waals surface area contributed by atoms with Crippen molar-refractivity contribution in [3.63, 3.8) is 0 Å². The number of hydrogen-bond acceptors (Lipinski definition) is 5. The van der Waals surface area contributed by atoms with E-state index in [1.165, 1.54) is 19.1 Å². The van der Waals surface area contributed by atoms with Gasteiger partial charge in [-0.2, -0.15) is 0 Å². The molecule has 1 aliphatic carbocycles. The van der Waals surface area contributed by atoms with E-state index in [1.807, 2.05) is 30.3 Å². The molecule has 5 heteroatoms. The molecule has 124 valence electrons. The van der Waals surface area contributed by atoms with Gasteiger partial charge in [0.15, 0.2) is 0 Å². The summed E-state index contributed by atoms with van der Waals surface area (Å²) in [4.78, 5) is 11.1. The minimum Gasteiger partial charge on any atom is -0.355 e. The smallest absolute Gasteiger partial charge is 0.135 e. The molecule has 1 saturated carbocycles. The van der Waals surface area contributed by atoms with Gasteiger partial charge in [-0.05, 0) is 24.3 Å². The third kappa shape index (κ3) is 2.64. The number of anilines is 3. The predicted octanol–water partition coefficient (Wildman–Crippen LogP) is 3.84. The van der Waals surface area contributed by atoms with Crippen molar-refractivity contribution in [3.8, 4) is 0 Å². The number of nitrogens with zero attached hydrogens (tertiary/aromatic N) is 3. The van der Waals surface area contributed by atoms with Gasteiger partial charge >= 0.3 is 0 Å². The Labute approximate surface area is 142 Å². The van der Waals surface area contributed by atoms with Gasteiger partial charge in [0.2, 0.25) is 0 Å². The van der Waals surface area contributed by atoms with Crippen LogP contribution in [0.2, 0.25) is 0 Å². The van der Waals surface area contributed by atoms with Gasteiger partial charge in [-0.1, -0.05) is 32.0 Å². The summed E-state index contributed by atoms with van der Waals surface area (Å²) in [6.45, 7) is 6.91. The monoisotopic (exact) mass is 321 g/mol. The van der Waals surface area contributed by atoms with Crippen LogP contribution in [0.1, 0.15) is 32.3 Å². The Morgan fingerprint density at radius 1 is 1.17 bits per heavy atom. The lowest BCUT2D eigenvalue weighted by molar-refractivity contribution is -0.0361. The van der Waals surface area contributed by atoms with E-state index in [2.05, 4.69) is 34.0 Å². The highest BCUT2D eigenvalue weighted by molar-refractivity contribution is 5.87. The van der Waals surface area contributed by atoms with E-state index >= 15 is 0 Å². The van der Waals surface area contributed by atoms with Crippen molar-refractivity contribution < 1.29 is 0 Å². The van der Waals surface area contributed by atoms with Gasteiger partial charge in [-0.15, -0.1) is 0 Å². The maximum absolute atomic E-state index is 7.50. The normalized spacial score (nSPS) is 20.2. The number of hydrogen-bond donors (Lipinski definition) is 2. The Hall–Kier alpha value is -2.43. The Morgan fingerprint density at radius 3 is 2.62 bits per heavy atom. The molecule has 24 heavy (non-hydrogen) atoms. The fourth-order valence-electron chi connectivity index (χ4n) is 4.59. The molecule has 0 amide bonds. The van der Waals surface area contributed by atoms with Gasteiger partial charge in [0.05, 0.1) is 0 Å². The van der Waals surface area contributed by atoms with Gasteiger partial charge < -0.3 is 15.6 Å². The molecular weight excluding hydrogens is 298 g/mol. The topological polar surface area (TPSA) is 64.9 Å². The number of benzene rings is 1. The SMILES string of the molecule is CC1(C)CC2(CN(c3cc(Nc4ccccc4C=N)ncn3)C2)C1. The zero-order chi connectivity index (χ0) is 16.8. The molecule has 1 aliphatic heterocycles. The lowest BCUT2D eigenvalue weighted by Crippen LogP contribution is -2.64. The molecule has 2 aliphatic rings. The molecule has 0 unspecified atom stereocenters. The van der Waals surface area contributed by atoms with Crippen LogP contribution in [0.3, 0.4) is 0 Å². The van der Waals surface area contributed by atoms with E-state index in [-0.39, 0.29) is 0 Å². The fourth-order valence-corrected chi connectivity index (χ4v) is 4.59. The molecule has 1 aromatic carbocycles. The number of rotatable bonds is 4. The molecule has 1 spiro atoms.